The average Bonchev–Trinajstić information content (AvgIpc) is 2.47. The highest BCUT2D eigenvalue weighted by atomic mass is 19.1. The summed E-state index contributed by atoms with van der Waals surface area (Å²) in [5.41, 5.74) is 2.33. The van der Waals surface area contributed by atoms with Crippen molar-refractivity contribution in [3.8, 4) is 0 Å². The molecule has 1 aliphatic heterocycles. The Morgan fingerprint density at radius 3 is 2.76 bits per heavy atom. The maximum atomic E-state index is 13.3. The first-order valence-electron chi connectivity index (χ1n) is 6.77. The Kier molecular flexibility index (Phi) is 3.29. The highest BCUT2D eigenvalue weighted by Crippen LogP contribution is 2.29. The summed E-state index contributed by atoms with van der Waals surface area (Å²) < 4.78 is 13.3. The van der Waals surface area contributed by atoms with E-state index in [2.05, 4.69) is 0 Å². The molecule has 0 aliphatic carbocycles. The Morgan fingerprint density at radius 2 is 2.00 bits per heavy atom. The summed E-state index contributed by atoms with van der Waals surface area (Å²) in [6.07, 6.45) is 0.216. The number of benzene rings is 2. The fraction of sp³-hybridized carbons (Fsp3) is 0.176. The molecule has 0 unspecified atom stereocenters. The van der Waals surface area contributed by atoms with Crippen molar-refractivity contribution >= 4 is 17.4 Å². The van der Waals surface area contributed by atoms with Crippen LogP contribution in [0.5, 0.6) is 0 Å². The van der Waals surface area contributed by atoms with E-state index in [1.54, 1.807) is 11.0 Å². The van der Waals surface area contributed by atoms with Crippen LogP contribution in [0.4, 0.5) is 10.1 Å². The van der Waals surface area contributed by atoms with E-state index >= 15 is 0 Å². The fourth-order valence-corrected chi connectivity index (χ4v) is 2.58. The maximum absolute atomic E-state index is 13.3. The van der Waals surface area contributed by atoms with Gasteiger partial charge in [-0.25, -0.2) is 4.39 Å². The molecule has 0 saturated heterocycles. The molecule has 0 fully saturated rings. The Hall–Kier alpha value is -2.49. The highest BCUT2D eigenvalue weighted by molar-refractivity contribution is 6.13. The predicted molar refractivity (Wildman–Crippen MR) is 78.2 cm³/mol. The Balaban J connectivity index is 2.03. The first kappa shape index (κ1) is 13.5. The number of Topliss-reactive ketones (excluding diaryl/α,β-unsaturated/α-hetero) is 1. The van der Waals surface area contributed by atoms with Crippen molar-refractivity contribution in [3.63, 3.8) is 0 Å². The van der Waals surface area contributed by atoms with Crippen LogP contribution in [0.3, 0.4) is 0 Å². The van der Waals surface area contributed by atoms with E-state index in [1.807, 2.05) is 25.1 Å². The molecule has 0 radical (unpaired) electrons. The third kappa shape index (κ3) is 2.44. The van der Waals surface area contributed by atoms with Crippen molar-refractivity contribution in [1.29, 1.82) is 0 Å². The molecule has 4 heteroatoms. The lowest BCUT2D eigenvalue weighted by molar-refractivity contribution is 0.0954. The van der Waals surface area contributed by atoms with Crippen molar-refractivity contribution in [3.05, 3.63) is 65.0 Å². The molecule has 0 saturated carbocycles. The third-order valence-electron chi connectivity index (χ3n) is 3.62. The summed E-state index contributed by atoms with van der Waals surface area (Å²) in [5, 5.41) is 0. The van der Waals surface area contributed by atoms with Gasteiger partial charge in [0.1, 0.15) is 5.82 Å². The Bertz CT molecular complexity index is 739. The number of ketones is 1. The molecular formula is C17H14FNO2. The number of hydrogen-bond donors (Lipinski definition) is 0. The zero-order chi connectivity index (χ0) is 15.0. The molecule has 3 rings (SSSR count). The maximum Gasteiger partial charge on any atom is 0.258 e. The number of halogens is 1. The van der Waals surface area contributed by atoms with E-state index in [1.165, 1.54) is 18.2 Å². The van der Waals surface area contributed by atoms with Crippen LogP contribution in [-0.2, 0) is 0 Å². The molecule has 0 N–H and O–H groups in total. The second kappa shape index (κ2) is 5.13. The van der Waals surface area contributed by atoms with Gasteiger partial charge in [0, 0.05) is 24.1 Å². The molecule has 0 bridgehead atoms. The molecule has 1 amide bonds. The second-order valence-electron chi connectivity index (χ2n) is 5.16. The average molecular weight is 283 g/mol. The monoisotopic (exact) mass is 283 g/mol. The minimum atomic E-state index is -0.466. The number of carbonyl (C=O) groups is 2. The molecule has 1 heterocycles. The van der Waals surface area contributed by atoms with Crippen molar-refractivity contribution in [2.24, 2.45) is 0 Å². The molecule has 106 valence electrons. The molecule has 3 nitrogen and oxygen atoms in total. The normalized spacial score (nSPS) is 14.0. The van der Waals surface area contributed by atoms with Gasteiger partial charge < -0.3 is 4.90 Å². The van der Waals surface area contributed by atoms with E-state index in [-0.39, 0.29) is 23.7 Å². The molecule has 1 aliphatic rings. The van der Waals surface area contributed by atoms with E-state index in [0.29, 0.717) is 17.8 Å². The van der Waals surface area contributed by atoms with Crippen molar-refractivity contribution in [1.82, 2.24) is 0 Å². The van der Waals surface area contributed by atoms with E-state index < -0.39 is 5.82 Å². The predicted octanol–water partition coefficient (Wildman–Crippen LogP) is 3.37. The van der Waals surface area contributed by atoms with Crippen molar-refractivity contribution in [2.45, 2.75) is 13.3 Å². The Labute approximate surface area is 122 Å². The van der Waals surface area contributed by atoms with Gasteiger partial charge in [0.25, 0.3) is 5.91 Å². The highest BCUT2D eigenvalue weighted by Gasteiger charge is 2.28. The van der Waals surface area contributed by atoms with Gasteiger partial charge in [-0.05, 0) is 37.3 Å². The number of anilines is 1. The second-order valence-corrected chi connectivity index (χ2v) is 5.16. The summed E-state index contributed by atoms with van der Waals surface area (Å²) in [4.78, 5) is 26.1. The van der Waals surface area contributed by atoms with Gasteiger partial charge in [0.15, 0.2) is 5.78 Å². The van der Waals surface area contributed by atoms with Gasteiger partial charge in [-0.2, -0.15) is 0 Å². The van der Waals surface area contributed by atoms with Crippen LogP contribution in [-0.4, -0.2) is 18.2 Å². The van der Waals surface area contributed by atoms with Gasteiger partial charge in [0.2, 0.25) is 0 Å². The zero-order valence-corrected chi connectivity index (χ0v) is 11.6. The van der Waals surface area contributed by atoms with Crippen LogP contribution in [0, 0.1) is 12.7 Å². The number of amides is 1. The van der Waals surface area contributed by atoms with Crippen LogP contribution >= 0.6 is 0 Å². The van der Waals surface area contributed by atoms with E-state index in [4.69, 9.17) is 0 Å². The minimum Gasteiger partial charge on any atom is -0.307 e. The summed E-state index contributed by atoms with van der Waals surface area (Å²) in [6.45, 7) is 2.24. The summed E-state index contributed by atoms with van der Waals surface area (Å²) >= 11 is 0. The van der Waals surface area contributed by atoms with Crippen LogP contribution in [0.2, 0.25) is 0 Å². The largest absolute Gasteiger partial charge is 0.307 e. The van der Waals surface area contributed by atoms with Gasteiger partial charge in [-0.3, -0.25) is 9.59 Å². The van der Waals surface area contributed by atoms with Gasteiger partial charge in [-0.1, -0.05) is 17.7 Å². The molecule has 2 aromatic carbocycles. The molecule has 0 aromatic heterocycles. The lowest BCUT2D eigenvalue weighted by Crippen LogP contribution is -2.37. The van der Waals surface area contributed by atoms with Crippen LogP contribution < -0.4 is 4.90 Å². The SMILES string of the molecule is Cc1cccc(C(=O)N2CCC(=O)c3cc(F)ccc32)c1. The smallest absolute Gasteiger partial charge is 0.258 e. The zero-order valence-electron chi connectivity index (χ0n) is 11.6. The van der Waals surface area contributed by atoms with Crippen LogP contribution in [0.25, 0.3) is 0 Å². The first-order chi connectivity index (χ1) is 10.1. The molecule has 2 aromatic rings. The lowest BCUT2D eigenvalue weighted by Gasteiger charge is -2.28. The van der Waals surface area contributed by atoms with E-state index in [9.17, 15) is 14.0 Å². The number of aryl methyl sites for hydroxylation is 1. The Morgan fingerprint density at radius 1 is 1.19 bits per heavy atom. The summed E-state index contributed by atoms with van der Waals surface area (Å²) in [6, 6.07) is 11.3. The third-order valence-corrected chi connectivity index (χ3v) is 3.62. The number of hydrogen-bond acceptors (Lipinski definition) is 2. The molecule has 0 spiro atoms. The number of rotatable bonds is 1. The lowest BCUT2D eigenvalue weighted by atomic mass is 9.99. The summed E-state index contributed by atoms with van der Waals surface area (Å²) in [7, 11) is 0. The van der Waals surface area contributed by atoms with Crippen molar-refractivity contribution < 1.29 is 14.0 Å². The summed E-state index contributed by atoms with van der Waals surface area (Å²) in [5.74, 6) is -0.760. The van der Waals surface area contributed by atoms with Crippen LogP contribution in [0.1, 0.15) is 32.7 Å². The van der Waals surface area contributed by atoms with Crippen LogP contribution in [0.15, 0.2) is 42.5 Å². The topological polar surface area (TPSA) is 37.4 Å². The van der Waals surface area contributed by atoms with E-state index in [0.717, 1.165) is 5.56 Å². The molecule has 0 atom stereocenters. The van der Waals surface area contributed by atoms with Gasteiger partial charge in [-0.15, -0.1) is 0 Å². The van der Waals surface area contributed by atoms with Gasteiger partial charge >= 0.3 is 0 Å². The first-order valence-corrected chi connectivity index (χ1v) is 6.77. The van der Waals surface area contributed by atoms with Crippen molar-refractivity contribution in [2.75, 3.05) is 11.4 Å². The quantitative estimate of drug-likeness (QED) is 0.804. The standard InChI is InChI=1S/C17H14FNO2/c1-11-3-2-4-12(9-11)17(21)19-8-7-16(20)14-10-13(18)5-6-15(14)19/h2-6,9-10H,7-8H2,1H3. The van der Waals surface area contributed by atoms with Gasteiger partial charge in [0.05, 0.1) is 5.69 Å². The number of fused-ring (bicyclic) bond motifs is 1. The minimum absolute atomic E-state index is 0.127. The number of carbonyl (C=O) groups excluding carboxylic acids is 2. The molecule has 21 heavy (non-hydrogen) atoms. The molecular weight excluding hydrogens is 269 g/mol. The fourth-order valence-electron chi connectivity index (χ4n) is 2.58. The number of nitrogens with zero attached hydrogens (tertiary/aromatic N) is 1.